The first-order valence-electron chi connectivity index (χ1n) is 14.1. The van der Waals surface area contributed by atoms with Crippen LogP contribution in [0, 0.1) is 50.2 Å². The highest BCUT2D eigenvalue weighted by atomic mass is 16.4. The number of aliphatic hydroxyl groups is 4. The van der Waals surface area contributed by atoms with Gasteiger partial charge in [-0.2, -0.15) is 0 Å². The Morgan fingerprint density at radius 1 is 0.917 bits per heavy atom. The number of carboxylic acid groups (broad SMARTS) is 1. The number of rotatable bonds is 2. The van der Waals surface area contributed by atoms with Gasteiger partial charge in [0.2, 0.25) is 0 Å². The van der Waals surface area contributed by atoms with Gasteiger partial charge in [0.25, 0.3) is 0 Å². The monoisotopic (exact) mass is 504 g/mol. The molecular formula is C30H48O6. The molecule has 5 aliphatic carbocycles. The molecule has 0 amide bonds. The summed E-state index contributed by atoms with van der Waals surface area (Å²) in [5.41, 5.74) is -1.32. The number of aliphatic carboxylic acids is 1. The van der Waals surface area contributed by atoms with Crippen molar-refractivity contribution in [2.24, 2.45) is 50.2 Å². The van der Waals surface area contributed by atoms with Crippen molar-refractivity contribution in [1.29, 1.82) is 0 Å². The van der Waals surface area contributed by atoms with E-state index in [4.69, 9.17) is 0 Å². The van der Waals surface area contributed by atoms with E-state index in [9.17, 15) is 30.3 Å². The van der Waals surface area contributed by atoms with Crippen LogP contribution in [0.5, 0.6) is 0 Å². The third kappa shape index (κ3) is 3.08. The second-order valence-electron chi connectivity index (χ2n) is 15.2. The van der Waals surface area contributed by atoms with Crippen molar-refractivity contribution in [3.05, 3.63) is 11.6 Å². The molecule has 0 aromatic heterocycles. The number of carboxylic acids is 1. The Labute approximate surface area is 216 Å². The van der Waals surface area contributed by atoms with Crippen LogP contribution in [-0.4, -0.2) is 56.4 Å². The van der Waals surface area contributed by atoms with Gasteiger partial charge in [0.1, 0.15) is 0 Å². The molecule has 6 nitrogen and oxygen atoms in total. The first kappa shape index (κ1) is 26.6. The van der Waals surface area contributed by atoms with Crippen LogP contribution < -0.4 is 0 Å². The Balaban J connectivity index is 1.64. The van der Waals surface area contributed by atoms with Crippen molar-refractivity contribution in [2.45, 2.75) is 111 Å². The van der Waals surface area contributed by atoms with E-state index in [1.54, 1.807) is 0 Å². The van der Waals surface area contributed by atoms with Crippen LogP contribution in [0.15, 0.2) is 11.6 Å². The third-order valence-electron chi connectivity index (χ3n) is 13.0. The Morgan fingerprint density at radius 2 is 1.56 bits per heavy atom. The average molecular weight is 505 g/mol. The molecular weight excluding hydrogens is 456 g/mol. The number of hydrogen-bond acceptors (Lipinski definition) is 5. The molecule has 4 saturated carbocycles. The molecule has 11 atom stereocenters. The van der Waals surface area contributed by atoms with E-state index in [-0.39, 0.29) is 40.6 Å². The lowest BCUT2D eigenvalue weighted by molar-refractivity contribution is -0.273. The minimum atomic E-state index is -1.08. The molecule has 0 spiro atoms. The molecule has 0 unspecified atom stereocenters. The normalized spacial score (nSPS) is 55.9. The van der Waals surface area contributed by atoms with Crippen molar-refractivity contribution in [3.8, 4) is 0 Å². The van der Waals surface area contributed by atoms with Gasteiger partial charge < -0.3 is 25.5 Å². The average Bonchev–Trinajstić information content (AvgIpc) is 2.77. The lowest BCUT2D eigenvalue weighted by Crippen LogP contribution is -2.71. The maximum absolute atomic E-state index is 12.8. The van der Waals surface area contributed by atoms with Crippen LogP contribution in [0.25, 0.3) is 0 Å². The van der Waals surface area contributed by atoms with Gasteiger partial charge >= 0.3 is 5.97 Å². The highest BCUT2D eigenvalue weighted by Gasteiger charge is 2.72. The number of aliphatic hydroxyl groups excluding tert-OH is 4. The highest BCUT2D eigenvalue weighted by molar-refractivity contribution is 5.76. The fourth-order valence-electron chi connectivity index (χ4n) is 10.9. The zero-order valence-electron chi connectivity index (χ0n) is 23.0. The maximum atomic E-state index is 12.8. The molecule has 0 aliphatic heterocycles. The maximum Gasteiger partial charge on any atom is 0.310 e. The van der Waals surface area contributed by atoms with Gasteiger partial charge in [0, 0.05) is 11.3 Å². The van der Waals surface area contributed by atoms with E-state index in [0.29, 0.717) is 19.3 Å². The second-order valence-corrected chi connectivity index (χ2v) is 15.2. The van der Waals surface area contributed by atoms with Gasteiger partial charge in [-0.25, -0.2) is 0 Å². The van der Waals surface area contributed by atoms with Crippen molar-refractivity contribution < 1.29 is 30.3 Å². The summed E-state index contributed by atoms with van der Waals surface area (Å²) < 4.78 is 0. The standard InChI is InChI=1S/C30H48O6/c1-25(2)9-11-30(24(35)36)12-10-28(5)17(18(30)13-25)7-8-21-26(3)14-20(33)23(34)27(4,16-31)22(26)19(32)15-29(21,28)6/h7,18-23,31-34H,8-16H2,1-6H3,(H,35,36)/t18-,19+,20+,21-,22-,23-,26+,27-,28+,29+,30-/m0/s1. The second kappa shape index (κ2) is 7.80. The third-order valence-corrected chi connectivity index (χ3v) is 13.0. The first-order chi connectivity index (χ1) is 16.5. The summed E-state index contributed by atoms with van der Waals surface area (Å²) in [6, 6.07) is 0. The summed E-state index contributed by atoms with van der Waals surface area (Å²) in [5, 5.41) is 54.6. The molecule has 5 N–H and O–H groups in total. The largest absolute Gasteiger partial charge is 0.481 e. The Bertz CT molecular complexity index is 974. The Hall–Kier alpha value is -0.950. The van der Waals surface area contributed by atoms with E-state index >= 15 is 0 Å². The zero-order chi connectivity index (χ0) is 26.7. The highest BCUT2D eigenvalue weighted by Crippen LogP contribution is 2.75. The molecule has 0 heterocycles. The van der Waals surface area contributed by atoms with E-state index in [1.807, 2.05) is 6.92 Å². The lowest BCUT2D eigenvalue weighted by Gasteiger charge is -2.72. The summed E-state index contributed by atoms with van der Waals surface area (Å²) in [5.74, 6) is -0.842. The summed E-state index contributed by atoms with van der Waals surface area (Å²) in [6.45, 7) is 12.8. The van der Waals surface area contributed by atoms with Crippen LogP contribution in [0.1, 0.15) is 92.9 Å². The quantitative estimate of drug-likeness (QED) is 0.361. The number of fused-ring (bicyclic) bond motifs is 7. The molecule has 0 saturated heterocycles. The first-order valence-corrected chi connectivity index (χ1v) is 14.1. The minimum Gasteiger partial charge on any atom is -0.481 e. The van der Waals surface area contributed by atoms with Crippen LogP contribution in [0.2, 0.25) is 0 Å². The molecule has 5 aliphatic rings. The fourth-order valence-corrected chi connectivity index (χ4v) is 10.9. The van der Waals surface area contributed by atoms with Crippen LogP contribution in [0.4, 0.5) is 0 Å². The topological polar surface area (TPSA) is 118 Å². The fraction of sp³-hybridized carbons (Fsp3) is 0.900. The molecule has 0 aromatic rings. The number of carbonyl (C=O) groups is 1. The smallest absolute Gasteiger partial charge is 0.310 e. The van der Waals surface area contributed by atoms with E-state index < -0.39 is 40.5 Å². The number of allylic oxidation sites excluding steroid dienone is 2. The van der Waals surface area contributed by atoms with Gasteiger partial charge in [-0.3, -0.25) is 4.79 Å². The van der Waals surface area contributed by atoms with Crippen LogP contribution in [-0.2, 0) is 4.79 Å². The predicted molar refractivity (Wildman–Crippen MR) is 137 cm³/mol. The Kier molecular flexibility index (Phi) is 5.77. The van der Waals surface area contributed by atoms with Crippen molar-refractivity contribution in [1.82, 2.24) is 0 Å². The molecule has 204 valence electrons. The SMILES string of the molecule is CC1(C)CC[C@]2(C(=O)O)CC[C@]3(C)C(=CC[C@H]4[C@@]5(C)C[C@@H](O)[C@H](O)[C@@](C)(CO)[C@H]5[C@H](O)C[C@]43C)[C@@H]2C1. The van der Waals surface area contributed by atoms with Crippen LogP contribution >= 0.6 is 0 Å². The van der Waals surface area contributed by atoms with Crippen molar-refractivity contribution in [3.63, 3.8) is 0 Å². The minimum absolute atomic E-state index is 0.000534. The number of hydrogen-bond donors (Lipinski definition) is 5. The van der Waals surface area contributed by atoms with Crippen molar-refractivity contribution >= 4 is 5.97 Å². The van der Waals surface area contributed by atoms with Gasteiger partial charge in [-0.1, -0.05) is 53.2 Å². The van der Waals surface area contributed by atoms with E-state index in [0.717, 1.165) is 32.1 Å². The Morgan fingerprint density at radius 3 is 2.17 bits per heavy atom. The zero-order valence-corrected chi connectivity index (χ0v) is 23.0. The van der Waals surface area contributed by atoms with Gasteiger partial charge in [0.15, 0.2) is 0 Å². The van der Waals surface area contributed by atoms with E-state index in [2.05, 4.69) is 40.7 Å². The van der Waals surface area contributed by atoms with E-state index in [1.165, 1.54) is 5.57 Å². The summed E-state index contributed by atoms with van der Waals surface area (Å²) in [7, 11) is 0. The molecule has 5 rings (SSSR count). The molecule has 0 radical (unpaired) electrons. The summed E-state index contributed by atoms with van der Waals surface area (Å²) in [6.07, 6.45) is 5.27. The van der Waals surface area contributed by atoms with Gasteiger partial charge in [-0.05, 0) is 84.9 Å². The summed E-state index contributed by atoms with van der Waals surface area (Å²) >= 11 is 0. The molecule has 6 heteroatoms. The molecule has 4 fully saturated rings. The van der Waals surface area contributed by atoms with Crippen molar-refractivity contribution in [2.75, 3.05) is 6.61 Å². The summed E-state index contributed by atoms with van der Waals surface area (Å²) in [4.78, 5) is 12.8. The van der Waals surface area contributed by atoms with Gasteiger partial charge in [0.05, 0.1) is 30.3 Å². The van der Waals surface area contributed by atoms with Crippen LogP contribution in [0.3, 0.4) is 0 Å². The molecule has 0 bridgehead atoms. The molecule has 36 heavy (non-hydrogen) atoms. The molecule has 0 aromatic carbocycles. The van der Waals surface area contributed by atoms with Gasteiger partial charge in [-0.15, -0.1) is 0 Å². The predicted octanol–water partition coefficient (Wildman–Crippen LogP) is 4.15. The lowest BCUT2D eigenvalue weighted by atomic mass is 9.33.